The van der Waals surface area contributed by atoms with E-state index in [0.717, 1.165) is 11.8 Å². The number of halogens is 3. The lowest BCUT2D eigenvalue weighted by Crippen LogP contribution is -2.48. The molecule has 0 spiro atoms. The number of nitrogens with zero attached hydrogens (tertiary/aromatic N) is 3. The van der Waals surface area contributed by atoms with E-state index in [9.17, 15) is 28.3 Å². The molecular weight excluding hydrogens is 592 g/mol. The molecule has 0 unspecified atom stereocenters. The molecule has 44 heavy (non-hydrogen) atoms. The number of amides is 1. The van der Waals surface area contributed by atoms with Crippen LogP contribution in [0.25, 0.3) is 11.1 Å². The van der Waals surface area contributed by atoms with Crippen LogP contribution in [0.2, 0.25) is 5.02 Å². The highest BCUT2D eigenvalue weighted by Gasteiger charge is 2.42. The van der Waals surface area contributed by atoms with E-state index in [2.05, 4.69) is 10.1 Å². The minimum Gasteiger partial charge on any atom is -0.478 e. The fourth-order valence-corrected chi connectivity index (χ4v) is 5.90. The summed E-state index contributed by atoms with van der Waals surface area (Å²) < 4.78 is 28.8. The number of carbonyl (C=O) groups excluding carboxylic acids is 2. The van der Waals surface area contributed by atoms with Crippen molar-refractivity contribution in [2.45, 2.75) is 31.4 Å². The number of oxime groups is 1. The zero-order chi connectivity index (χ0) is 31.0. The molecule has 0 radical (unpaired) electrons. The molecule has 2 atom stereocenters. The molecule has 0 aliphatic carbocycles. The Bertz CT molecular complexity index is 1830. The van der Waals surface area contributed by atoms with Gasteiger partial charge in [-0.25, -0.2) is 13.6 Å². The maximum atomic E-state index is 14.7. The number of carboxylic acids is 1. The van der Waals surface area contributed by atoms with Crippen LogP contribution in [-0.4, -0.2) is 51.0 Å². The van der Waals surface area contributed by atoms with Gasteiger partial charge in [0.25, 0.3) is 5.91 Å². The van der Waals surface area contributed by atoms with Crippen LogP contribution in [0.4, 0.5) is 8.78 Å². The number of carbonyl (C=O) groups is 3. The lowest BCUT2D eigenvalue weighted by molar-refractivity contribution is -0.149. The van der Waals surface area contributed by atoms with E-state index in [1.807, 2.05) is 6.07 Å². The van der Waals surface area contributed by atoms with Gasteiger partial charge < -0.3 is 14.8 Å². The van der Waals surface area contributed by atoms with Gasteiger partial charge in [0, 0.05) is 36.7 Å². The van der Waals surface area contributed by atoms with E-state index in [4.69, 9.17) is 16.4 Å². The molecule has 1 aromatic heterocycles. The third-order valence-corrected chi connectivity index (χ3v) is 8.10. The largest absolute Gasteiger partial charge is 0.478 e. The maximum absolute atomic E-state index is 14.7. The van der Waals surface area contributed by atoms with Crippen molar-refractivity contribution in [1.29, 1.82) is 0 Å². The number of ketones is 1. The van der Waals surface area contributed by atoms with Crippen molar-refractivity contribution in [3.8, 4) is 11.1 Å². The van der Waals surface area contributed by atoms with Gasteiger partial charge in [-0.3, -0.25) is 14.6 Å². The number of Topliss-reactive ketones (excluding diaryl/α,β-unsaturated/α-hetero) is 1. The van der Waals surface area contributed by atoms with E-state index in [1.165, 1.54) is 41.4 Å². The SMILES string of the molecule is O=C(O)c1ccc(CC(=O)[C@H]2c3cccc(-c4cncc(F)c4)c3CCN2C(=O)[C@H]2CC(c3cccc(Cl)c3F)=NO2)cc1. The predicted octanol–water partition coefficient (Wildman–Crippen LogP) is 5.81. The third kappa shape index (κ3) is 5.56. The van der Waals surface area contributed by atoms with Crippen molar-refractivity contribution < 1.29 is 33.1 Å². The lowest BCUT2D eigenvalue weighted by Gasteiger charge is -2.38. The van der Waals surface area contributed by atoms with E-state index in [1.54, 1.807) is 30.3 Å². The molecule has 0 saturated carbocycles. The van der Waals surface area contributed by atoms with Crippen LogP contribution in [0.15, 0.2) is 84.3 Å². The molecule has 222 valence electrons. The number of aromatic nitrogens is 1. The van der Waals surface area contributed by atoms with Gasteiger partial charge in [0.15, 0.2) is 11.6 Å². The van der Waals surface area contributed by atoms with Crippen molar-refractivity contribution >= 4 is 35.0 Å². The molecule has 6 rings (SSSR count). The van der Waals surface area contributed by atoms with E-state index in [-0.39, 0.29) is 47.0 Å². The summed E-state index contributed by atoms with van der Waals surface area (Å²) in [6.07, 6.45) is 1.82. The predicted molar refractivity (Wildman–Crippen MR) is 157 cm³/mol. The molecule has 3 aromatic carbocycles. The summed E-state index contributed by atoms with van der Waals surface area (Å²) in [5.41, 5.74) is 3.61. The zero-order valence-corrected chi connectivity index (χ0v) is 23.8. The van der Waals surface area contributed by atoms with Crippen molar-refractivity contribution in [2.75, 3.05) is 6.54 Å². The molecule has 0 fully saturated rings. The second-order valence-electron chi connectivity index (χ2n) is 10.5. The number of benzene rings is 3. The Morgan fingerprint density at radius 2 is 1.75 bits per heavy atom. The Morgan fingerprint density at radius 1 is 1.00 bits per heavy atom. The summed E-state index contributed by atoms with van der Waals surface area (Å²) >= 11 is 5.93. The Labute approximate surface area is 255 Å². The van der Waals surface area contributed by atoms with Gasteiger partial charge in [-0.2, -0.15) is 0 Å². The highest BCUT2D eigenvalue weighted by Crippen LogP contribution is 2.38. The Hall–Kier alpha value is -4.96. The Kier molecular flexibility index (Phi) is 7.92. The van der Waals surface area contributed by atoms with E-state index >= 15 is 0 Å². The molecule has 2 aliphatic rings. The number of carboxylic acid groups (broad SMARTS) is 1. The first-order valence-electron chi connectivity index (χ1n) is 13.8. The van der Waals surface area contributed by atoms with Crippen molar-refractivity contribution in [2.24, 2.45) is 5.16 Å². The van der Waals surface area contributed by atoms with Crippen LogP contribution in [0.3, 0.4) is 0 Å². The average Bonchev–Trinajstić information content (AvgIpc) is 3.51. The topological polar surface area (TPSA) is 109 Å². The van der Waals surface area contributed by atoms with Gasteiger partial charge >= 0.3 is 5.97 Å². The molecule has 0 saturated heterocycles. The molecular formula is C33H24ClF2N3O5. The quantitative estimate of drug-likeness (QED) is 0.281. The van der Waals surface area contributed by atoms with Crippen LogP contribution < -0.4 is 0 Å². The second kappa shape index (κ2) is 12.0. The fraction of sp³-hybridized carbons (Fsp3) is 0.182. The lowest BCUT2D eigenvalue weighted by atomic mass is 9.83. The summed E-state index contributed by atoms with van der Waals surface area (Å²) in [7, 11) is 0. The molecule has 0 bridgehead atoms. The Morgan fingerprint density at radius 3 is 2.50 bits per heavy atom. The van der Waals surface area contributed by atoms with Crippen LogP contribution in [0.5, 0.6) is 0 Å². The normalized spacial score (nSPS) is 17.4. The second-order valence-corrected chi connectivity index (χ2v) is 10.9. The molecule has 3 heterocycles. The van der Waals surface area contributed by atoms with Gasteiger partial charge in [-0.15, -0.1) is 0 Å². The van der Waals surface area contributed by atoms with Crippen LogP contribution in [0.1, 0.15) is 45.1 Å². The maximum Gasteiger partial charge on any atom is 0.335 e. The minimum atomic E-state index is -1.09. The smallest absolute Gasteiger partial charge is 0.335 e. The van der Waals surface area contributed by atoms with Crippen molar-refractivity contribution in [1.82, 2.24) is 9.88 Å². The third-order valence-electron chi connectivity index (χ3n) is 7.81. The van der Waals surface area contributed by atoms with Crippen LogP contribution >= 0.6 is 11.6 Å². The highest BCUT2D eigenvalue weighted by atomic mass is 35.5. The van der Waals surface area contributed by atoms with Gasteiger partial charge in [-0.1, -0.05) is 53.2 Å². The van der Waals surface area contributed by atoms with Crippen LogP contribution in [0, 0.1) is 11.6 Å². The summed E-state index contributed by atoms with van der Waals surface area (Å²) in [6, 6.07) is 16.1. The van der Waals surface area contributed by atoms with Gasteiger partial charge in [0.2, 0.25) is 6.10 Å². The fourth-order valence-electron chi connectivity index (χ4n) is 5.73. The van der Waals surface area contributed by atoms with E-state index < -0.39 is 35.7 Å². The van der Waals surface area contributed by atoms with Gasteiger partial charge in [0.1, 0.15) is 11.9 Å². The van der Waals surface area contributed by atoms with Gasteiger partial charge in [0.05, 0.1) is 22.5 Å². The molecule has 2 aliphatic heterocycles. The monoisotopic (exact) mass is 615 g/mol. The summed E-state index contributed by atoms with van der Waals surface area (Å²) in [5, 5.41) is 13.1. The molecule has 1 N–H and O–H groups in total. The summed E-state index contributed by atoms with van der Waals surface area (Å²) in [5.74, 6) is -3.06. The standard InChI is InChI=1S/C33H24ClF2N3O5/c34-26-6-2-5-25(30(26)36)27-15-29(44-38-27)32(41)39-12-11-23-22(20-14-21(35)17-37-16-20)3-1-4-24(23)31(39)28(40)13-18-7-9-19(10-8-18)33(42)43/h1-10,14,16-17,29,31H,11-13,15H2,(H,42,43)/t29-,31-/m1/s1. The molecule has 1 amide bonds. The first-order valence-corrected chi connectivity index (χ1v) is 14.1. The van der Waals surface area contributed by atoms with Gasteiger partial charge in [-0.05, 0) is 59.0 Å². The number of pyridine rings is 1. The van der Waals surface area contributed by atoms with E-state index in [0.29, 0.717) is 28.7 Å². The van der Waals surface area contributed by atoms with Crippen molar-refractivity contribution in [3.63, 3.8) is 0 Å². The van der Waals surface area contributed by atoms with Crippen molar-refractivity contribution in [3.05, 3.63) is 124 Å². The first-order chi connectivity index (χ1) is 21.2. The first kappa shape index (κ1) is 29.1. The highest BCUT2D eigenvalue weighted by molar-refractivity contribution is 6.31. The number of aromatic carboxylic acids is 1. The molecule has 8 nitrogen and oxygen atoms in total. The average molecular weight is 616 g/mol. The van der Waals surface area contributed by atoms with Crippen LogP contribution in [-0.2, 0) is 27.3 Å². The molecule has 11 heteroatoms. The molecule has 4 aromatic rings. The number of fused-ring (bicyclic) bond motifs is 1. The number of hydrogen-bond donors (Lipinski definition) is 1. The zero-order valence-electron chi connectivity index (χ0n) is 23.0. The summed E-state index contributed by atoms with van der Waals surface area (Å²) in [4.78, 5) is 50.2. The number of hydrogen-bond acceptors (Lipinski definition) is 6. The number of rotatable bonds is 7. The minimum absolute atomic E-state index is 0.0218. The Balaban J connectivity index is 1.33. The summed E-state index contributed by atoms with van der Waals surface area (Å²) in [6.45, 7) is 0.153.